The fourth-order valence-electron chi connectivity index (χ4n) is 4.26. The highest BCUT2D eigenvalue weighted by atomic mass is 32.2. The van der Waals surface area contributed by atoms with Crippen LogP contribution in [0.15, 0.2) is 108 Å². The van der Waals surface area contributed by atoms with Gasteiger partial charge in [0.2, 0.25) is 0 Å². The van der Waals surface area contributed by atoms with Gasteiger partial charge in [0.1, 0.15) is 11.5 Å². The zero-order chi connectivity index (χ0) is 29.7. The Labute approximate surface area is 242 Å². The van der Waals surface area contributed by atoms with Gasteiger partial charge in [-0.3, -0.25) is 25.2 Å². The average molecular weight is 583 g/mol. The van der Waals surface area contributed by atoms with Crippen LogP contribution < -0.4 is 25.0 Å². The van der Waals surface area contributed by atoms with Crippen molar-refractivity contribution in [1.29, 1.82) is 0 Å². The molecule has 0 atom stereocenters. The molecule has 3 N–H and O–H groups in total. The topological polar surface area (TPSA) is 136 Å². The van der Waals surface area contributed by atoms with E-state index in [1.165, 1.54) is 31.4 Å². The summed E-state index contributed by atoms with van der Waals surface area (Å²) >= 11 is 0. The molecule has 1 aromatic heterocycles. The van der Waals surface area contributed by atoms with Gasteiger partial charge in [-0.2, -0.15) is 0 Å². The number of hydrazine groups is 1. The first-order chi connectivity index (χ1) is 20.3. The number of fused-ring (bicyclic) bond motifs is 1. The molecule has 0 saturated heterocycles. The van der Waals surface area contributed by atoms with Crippen molar-refractivity contribution in [2.45, 2.75) is 4.90 Å². The first-order valence-electron chi connectivity index (χ1n) is 12.7. The van der Waals surface area contributed by atoms with E-state index in [0.29, 0.717) is 33.7 Å². The van der Waals surface area contributed by atoms with Gasteiger partial charge in [-0.25, -0.2) is 13.4 Å². The van der Waals surface area contributed by atoms with Crippen LogP contribution >= 0.6 is 0 Å². The summed E-state index contributed by atoms with van der Waals surface area (Å²) in [6.45, 7) is 0. The number of amides is 2. The number of ether oxygens (including phenoxy) is 2. The Hall–Kier alpha value is -5.42. The van der Waals surface area contributed by atoms with Gasteiger partial charge < -0.3 is 9.47 Å². The standard InChI is InChI=1S/C31H26N4O6S/c1-40-22-16-14-20(15-17-22)28-19-25(24-10-3-4-11-26(24)32-28)31(37)34-33-30(36)21-8-7-9-23(18-21)42(38,39)35-27-12-5-6-13-29(27)41-2/h3-19,35H,1-2H3,(H,33,36)(H,34,37). The number of anilines is 1. The van der Waals surface area contributed by atoms with Gasteiger partial charge in [0.15, 0.2) is 0 Å². The van der Waals surface area contributed by atoms with Crippen molar-refractivity contribution in [2.24, 2.45) is 0 Å². The predicted octanol–water partition coefficient (Wildman–Crippen LogP) is 4.79. The van der Waals surface area contributed by atoms with Gasteiger partial charge >= 0.3 is 0 Å². The molecule has 212 valence electrons. The summed E-state index contributed by atoms with van der Waals surface area (Å²) in [4.78, 5) is 30.8. The Morgan fingerprint density at radius 3 is 2.21 bits per heavy atom. The van der Waals surface area contributed by atoms with Crippen LogP contribution in [0.5, 0.6) is 11.5 Å². The molecule has 5 rings (SSSR count). The minimum Gasteiger partial charge on any atom is -0.497 e. The molecular formula is C31H26N4O6S. The lowest BCUT2D eigenvalue weighted by Gasteiger charge is -2.13. The lowest BCUT2D eigenvalue weighted by Crippen LogP contribution is -2.41. The lowest BCUT2D eigenvalue weighted by molar-refractivity contribution is 0.0847. The van der Waals surface area contributed by atoms with E-state index in [1.807, 2.05) is 18.2 Å². The number of methoxy groups -OCH3 is 2. The Balaban J connectivity index is 1.35. The summed E-state index contributed by atoms with van der Waals surface area (Å²) < 4.78 is 38.9. The van der Waals surface area contributed by atoms with Crippen molar-refractivity contribution in [1.82, 2.24) is 15.8 Å². The number of nitrogens with zero attached hydrogens (tertiary/aromatic N) is 1. The van der Waals surface area contributed by atoms with Crippen LogP contribution in [0.25, 0.3) is 22.2 Å². The third-order valence-electron chi connectivity index (χ3n) is 6.39. The maximum atomic E-state index is 13.3. The number of pyridine rings is 1. The fraction of sp³-hybridized carbons (Fsp3) is 0.0645. The smallest absolute Gasteiger partial charge is 0.270 e. The van der Waals surface area contributed by atoms with Crippen molar-refractivity contribution in [2.75, 3.05) is 18.9 Å². The molecule has 0 spiro atoms. The van der Waals surface area contributed by atoms with Crippen molar-refractivity contribution < 1.29 is 27.5 Å². The molecule has 4 aromatic carbocycles. The van der Waals surface area contributed by atoms with Gasteiger partial charge in [0, 0.05) is 16.5 Å². The Bertz CT molecular complexity index is 1890. The van der Waals surface area contributed by atoms with Crippen molar-refractivity contribution in [3.05, 3.63) is 114 Å². The Morgan fingerprint density at radius 2 is 1.45 bits per heavy atom. The summed E-state index contributed by atoms with van der Waals surface area (Å²) in [6.07, 6.45) is 0. The van der Waals surface area contributed by atoms with Gasteiger partial charge in [0.05, 0.1) is 41.6 Å². The molecule has 5 aromatic rings. The van der Waals surface area contributed by atoms with Gasteiger partial charge in [-0.1, -0.05) is 36.4 Å². The van der Waals surface area contributed by atoms with Crippen LogP contribution in [0, 0.1) is 0 Å². The number of para-hydroxylation sites is 3. The van der Waals surface area contributed by atoms with Crippen LogP contribution in [0.2, 0.25) is 0 Å². The molecule has 0 aliphatic rings. The molecule has 42 heavy (non-hydrogen) atoms. The number of hydrogen-bond acceptors (Lipinski definition) is 7. The maximum Gasteiger partial charge on any atom is 0.270 e. The third kappa shape index (κ3) is 6.01. The highest BCUT2D eigenvalue weighted by molar-refractivity contribution is 7.92. The van der Waals surface area contributed by atoms with E-state index < -0.39 is 21.8 Å². The lowest BCUT2D eigenvalue weighted by atomic mass is 10.0. The van der Waals surface area contributed by atoms with E-state index in [-0.39, 0.29) is 16.1 Å². The van der Waals surface area contributed by atoms with Crippen LogP contribution in [0.3, 0.4) is 0 Å². The number of carbonyl (C=O) groups is 2. The third-order valence-corrected chi connectivity index (χ3v) is 7.76. The second kappa shape index (κ2) is 12.0. The summed E-state index contributed by atoms with van der Waals surface area (Å²) in [5, 5.41) is 0.594. The number of sulfonamides is 1. The second-order valence-electron chi connectivity index (χ2n) is 9.04. The maximum absolute atomic E-state index is 13.3. The molecule has 0 unspecified atom stereocenters. The monoisotopic (exact) mass is 582 g/mol. The molecule has 11 heteroatoms. The molecule has 10 nitrogen and oxygen atoms in total. The number of nitrogens with one attached hydrogen (secondary N) is 3. The van der Waals surface area contributed by atoms with Crippen molar-refractivity contribution >= 4 is 38.4 Å². The molecule has 0 bridgehead atoms. The highest BCUT2D eigenvalue weighted by Crippen LogP contribution is 2.27. The van der Waals surface area contributed by atoms with Gasteiger partial charge in [0.25, 0.3) is 21.8 Å². The summed E-state index contributed by atoms with van der Waals surface area (Å²) in [6, 6.07) is 28.1. The van der Waals surface area contributed by atoms with E-state index in [1.54, 1.807) is 67.8 Å². The molecule has 0 fully saturated rings. The van der Waals surface area contributed by atoms with Gasteiger partial charge in [-0.15, -0.1) is 0 Å². The minimum atomic E-state index is -4.05. The first kappa shape index (κ1) is 28.1. The van der Waals surface area contributed by atoms with Crippen LogP contribution in [0.1, 0.15) is 20.7 Å². The number of aromatic nitrogens is 1. The molecular weight excluding hydrogens is 556 g/mol. The van der Waals surface area contributed by atoms with Crippen molar-refractivity contribution in [3.63, 3.8) is 0 Å². The summed E-state index contributed by atoms with van der Waals surface area (Å²) in [5.41, 5.74) is 7.31. The predicted molar refractivity (Wildman–Crippen MR) is 159 cm³/mol. The average Bonchev–Trinajstić information content (AvgIpc) is 3.03. The fourth-order valence-corrected chi connectivity index (χ4v) is 5.38. The number of benzene rings is 4. The molecule has 1 heterocycles. The zero-order valence-corrected chi connectivity index (χ0v) is 23.4. The molecule has 0 aliphatic heterocycles. The number of rotatable bonds is 8. The van der Waals surface area contributed by atoms with E-state index >= 15 is 0 Å². The molecule has 0 saturated carbocycles. The van der Waals surface area contributed by atoms with Crippen LogP contribution in [-0.4, -0.2) is 39.4 Å². The van der Waals surface area contributed by atoms with Crippen LogP contribution in [0.4, 0.5) is 5.69 Å². The largest absolute Gasteiger partial charge is 0.497 e. The Kier molecular flexibility index (Phi) is 8.02. The van der Waals surface area contributed by atoms with E-state index in [2.05, 4.69) is 20.6 Å². The summed E-state index contributed by atoms with van der Waals surface area (Å²) in [7, 11) is -1.04. The molecule has 0 radical (unpaired) electrons. The minimum absolute atomic E-state index is 0.0247. The number of carbonyl (C=O) groups excluding carboxylic acids is 2. The molecule has 0 aliphatic carbocycles. The summed E-state index contributed by atoms with van der Waals surface area (Å²) in [5.74, 6) is -0.242. The quantitative estimate of drug-likeness (QED) is 0.224. The highest BCUT2D eigenvalue weighted by Gasteiger charge is 2.19. The van der Waals surface area contributed by atoms with Gasteiger partial charge in [-0.05, 0) is 66.7 Å². The van der Waals surface area contributed by atoms with E-state index in [4.69, 9.17) is 9.47 Å². The second-order valence-corrected chi connectivity index (χ2v) is 10.7. The van der Waals surface area contributed by atoms with E-state index in [0.717, 1.165) is 5.56 Å². The normalized spacial score (nSPS) is 11.0. The van der Waals surface area contributed by atoms with Crippen molar-refractivity contribution in [3.8, 4) is 22.8 Å². The SMILES string of the molecule is COc1ccc(-c2cc(C(=O)NNC(=O)c3cccc(S(=O)(=O)Nc4ccccc4OC)c3)c3ccccc3n2)cc1. The zero-order valence-electron chi connectivity index (χ0n) is 22.6. The Morgan fingerprint density at radius 1 is 0.738 bits per heavy atom. The molecule has 2 amide bonds. The van der Waals surface area contributed by atoms with E-state index in [9.17, 15) is 18.0 Å². The number of hydrogen-bond donors (Lipinski definition) is 3. The first-order valence-corrected chi connectivity index (χ1v) is 14.2. The van der Waals surface area contributed by atoms with Crippen LogP contribution in [-0.2, 0) is 10.0 Å².